The van der Waals surface area contributed by atoms with E-state index in [0.29, 0.717) is 11.8 Å². The predicted octanol–water partition coefficient (Wildman–Crippen LogP) is 8.41. The van der Waals surface area contributed by atoms with Gasteiger partial charge in [-0.2, -0.15) is 0 Å². The molecule has 0 aromatic carbocycles. The number of hydrogen-bond acceptors (Lipinski definition) is 6. The first-order valence-electron chi connectivity index (χ1n) is 19.1. The lowest BCUT2D eigenvalue weighted by atomic mass is 9.49. The molecule has 0 aromatic rings. The van der Waals surface area contributed by atoms with Crippen molar-refractivity contribution in [2.45, 2.75) is 144 Å². The molecule has 4 aliphatic heterocycles. The van der Waals surface area contributed by atoms with Crippen LogP contribution in [0.25, 0.3) is 0 Å². The molecule has 48 heavy (non-hydrogen) atoms. The molecule has 0 unspecified atom stereocenters. The van der Waals surface area contributed by atoms with Crippen molar-refractivity contribution in [1.82, 2.24) is 0 Å². The molecule has 0 radical (unpaired) electrons. The maximum absolute atomic E-state index is 12.5. The van der Waals surface area contributed by atoms with E-state index in [-0.39, 0.29) is 70.8 Å². The number of hydrogen-bond donors (Lipinski definition) is 2. The van der Waals surface area contributed by atoms with Crippen LogP contribution in [0.3, 0.4) is 0 Å². The molecular formula is C40H60O8. The number of carboxylic acids is 2. The molecule has 4 heterocycles. The van der Waals surface area contributed by atoms with Crippen molar-refractivity contribution in [2.24, 2.45) is 69.0 Å². The molecule has 268 valence electrons. The summed E-state index contributed by atoms with van der Waals surface area (Å²) in [5.74, 6) is 1.08. The molecule has 0 aromatic heterocycles. The fraction of sp³-hybridized carbons (Fsp3) is 0.850. The minimum atomic E-state index is -0.578. The first-order valence-corrected chi connectivity index (χ1v) is 19.1. The van der Waals surface area contributed by atoms with Gasteiger partial charge in [0.2, 0.25) is 0 Å². The lowest BCUT2D eigenvalue weighted by molar-refractivity contribution is -0.344. The molecule has 10 rings (SSSR count). The van der Waals surface area contributed by atoms with E-state index >= 15 is 0 Å². The summed E-state index contributed by atoms with van der Waals surface area (Å²) in [6, 6.07) is 0. The van der Waals surface area contributed by atoms with Crippen LogP contribution in [-0.2, 0) is 29.1 Å². The molecular weight excluding hydrogens is 608 g/mol. The zero-order valence-electron chi connectivity index (χ0n) is 30.5. The Bertz CT molecular complexity index is 1270. The summed E-state index contributed by atoms with van der Waals surface area (Å²) in [5, 5.41) is 20.6. The predicted molar refractivity (Wildman–Crippen MR) is 180 cm³/mol. The highest BCUT2D eigenvalue weighted by Crippen LogP contribution is 2.68. The second-order valence-electron chi connectivity index (χ2n) is 18.6. The van der Waals surface area contributed by atoms with E-state index in [1.54, 1.807) is 0 Å². The first-order chi connectivity index (χ1) is 22.6. The van der Waals surface area contributed by atoms with Gasteiger partial charge < -0.3 is 10.2 Å². The summed E-state index contributed by atoms with van der Waals surface area (Å²) < 4.78 is 0. The Hall–Kier alpha value is -1.74. The van der Waals surface area contributed by atoms with Crippen molar-refractivity contribution in [3.63, 3.8) is 0 Å². The van der Waals surface area contributed by atoms with Gasteiger partial charge in [-0.1, -0.05) is 53.7 Å². The van der Waals surface area contributed by atoms with E-state index in [1.165, 1.54) is 11.1 Å². The minimum absolute atomic E-state index is 0.0378. The van der Waals surface area contributed by atoms with Gasteiger partial charge in [0, 0.05) is 11.8 Å². The Labute approximate surface area is 287 Å². The number of aliphatic carboxylic acids is 2. The highest BCUT2D eigenvalue weighted by molar-refractivity contribution is 5.77. The number of carbonyl (C=O) groups is 2. The van der Waals surface area contributed by atoms with Crippen molar-refractivity contribution in [1.29, 1.82) is 0 Å². The van der Waals surface area contributed by atoms with E-state index < -0.39 is 22.8 Å². The molecule has 10 aliphatic rings. The summed E-state index contributed by atoms with van der Waals surface area (Å²) in [6.07, 6.45) is 13.8. The summed E-state index contributed by atoms with van der Waals surface area (Å²) in [7, 11) is 0. The average molecular weight is 669 g/mol. The van der Waals surface area contributed by atoms with Crippen molar-refractivity contribution in [3.05, 3.63) is 23.3 Å². The van der Waals surface area contributed by atoms with Crippen LogP contribution in [0.1, 0.15) is 120 Å². The molecule has 8 nitrogen and oxygen atoms in total. The molecule has 14 atom stereocenters. The van der Waals surface area contributed by atoms with Crippen molar-refractivity contribution >= 4 is 11.9 Å². The maximum atomic E-state index is 12.5. The van der Waals surface area contributed by atoms with Crippen molar-refractivity contribution < 1.29 is 39.4 Å². The molecule has 4 bridgehead atoms. The summed E-state index contributed by atoms with van der Waals surface area (Å²) in [5.41, 5.74) is 1.56. The second kappa shape index (κ2) is 11.9. The monoisotopic (exact) mass is 668 g/mol. The standard InChI is InChI=1S/2C20H30O4/c2*1-11(2)13-5-6-14-17-15-9-12(3)16(24-23-15)10-19(17,4)7-8-20(13,14)18(21)22/h2*9,11,13-17H,5-8,10H2,1-4H3,(H,21,22)/t2*13-,14+,15-,16-,17-,19+,20+/m11/s1. The fourth-order valence-electron chi connectivity index (χ4n) is 13.5. The van der Waals surface area contributed by atoms with Crippen molar-refractivity contribution in [2.75, 3.05) is 0 Å². The van der Waals surface area contributed by atoms with Gasteiger partial charge in [0.25, 0.3) is 0 Å². The molecule has 8 heteroatoms. The Kier molecular flexibility index (Phi) is 8.61. The van der Waals surface area contributed by atoms with E-state index in [4.69, 9.17) is 19.6 Å². The van der Waals surface area contributed by atoms with Gasteiger partial charge in [0.1, 0.15) is 24.4 Å². The Morgan fingerprint density at radius 3 is 1.33 bits per heavy atom. The second-order valence-corrected chi connectivity index (χ2v) is 18.6. The molecule has 6 fully saturated rings. The molecule has 6 aliphatic carbocycles. The number of fused-ring (bicyclic) bond motifs is 4. The third-order valence-electron chi connectivity index (χ3n) is 15.8. The van der Waals surface area contributed by atoms with Gasteiger partial charge in [-0.05, 0) is 136 Å². The largest absolute Gasteiger partial charge is 0.481 e. The molecule has 0 spiro atoms. The van der Waals surface area contributed by atoms with Gasteiger partial charge in [-0.3, -0.25) is 9.59 Å². The van der Waals surface area contributed by atoms with Gasteiger partial charge in [-0.25, -0.2) is 19.6 Å². The normalized spacial score (nSPS) is 50.2. The van der Waals surface area contributed by atoms with E-state index in [9.17, 15) is 19.8 Å². The molecule has 0 amide bonds. The lowest BCUT2D eigenvalue weighted by Crippen LogP contribution is -2.55. The number of carboxylic acid groups (broad SMARTS) is 2. The van der Waals surface area contributed by atoms with Gasteiger partial charge in [0.05, 0.1) is 10.8 Å². The number of rotatable bonds is 4. The maximum Gasteiger partial charge on any atom is 0.310 e. The highest BCUT2D eigenvalue weighted by Gasteiger charge is 2.68. The van der Waals surface area contributed by atoms with Crippen molar-refractivity contribution in [3.8, 4) is 0 Å². The SMILES string of the molecule is CC1=C[C@H]2OO[C@@H]1C[C@]1(C)CC[C@]3(C(=O)O)[C@@H](C(C)C)CC[C@H]3[C@H]21.CC1=C[C@H]2OO[C@@H]1C[C@]1(C)CC[C@]3(C(=O)O)[C@@H](C(C)C)CC[C@H]3[C@H]21. The Balaban J connectivity index is 0.000000152. The fourth-order valence-corrected chi connectivity index (χ4v) is 13.5. The smallest absolute Gasteiger partial charge is 0.310 e. The van der Waals surface area contributed by atoms with Gasteiger partial charge in [-0.15, -0.1) is 0 Å². The minimum Gasteiger partial charge on any atom is -0.481 e. The summed E-state index contributed by atoms with van der Waals surface area (Å²) in [6.45, 7) is 17.7. The Morgan fingerprint density at radius 1 is 0.646 bits per heavy atom. The summed E-state index contributed by atoms with van der Waals surface area (Å²) >= 11 is 0. The van der Waals surface area contributed by atoms with Crippen LogP contribution in [0.4, 0.5) is 0 Å². The molecule has 2 saturated heterocycles. The summed E-state index contributed by atoms with van der Waals surface area (Å²) in [4.78, 5) is 47.9. The Morgan fingerprint density at radius 2 is 1.02 bits per heavy atom. The van der Waals surface area contributed by atoms with E-state index in [2.05, 4.69) is 67.5 Å². The lowest BCUT2D eigenvalue weighted by Gasteiger charge is -2.53. The topological polar surface area (TPSA) is 112 Å². The average Bonchev–Trinajstić information content (AvgIpc) is 3.46. The van der Waals surface area contributed by atoms with Crippen LogP contribution < -0.4 is 0 Å². The third kappa shape index (κ3) is 4.88. The van der Waals surface area contributed by atoms with Gasteiger partial charge >= 0.3 is 11.9 Å². The van der Waals surface area contributed by atoms with Crippen LogP contribution in [-0.4, -0.2) is 46.6 Å². The third-order valence-corrected chi connectivity index (χ3v) is 15.8. The molecule has 2 N–H and O–H groups in total. The van der Waals surface area contributed by atoms with E-state index in [1.807, 2.05) is 0 Å². The zero-order chi connectivity index (χ0) is 34.6. The molecule has 4 saturated carbocycles. The van der Waals surface area contributed by atoms with Gasteiger partial charge in [0.15, 0.2) is 0 Å². The van der Waals surface area contributed by atoms with Crippen LogP contribution in [0.15, 0.2) is 23.3 Å². The first kappa shape index (κ1) is 34.7. The zero-order valence-corrected chi connectivity index (χ0v) is 30.5. The quantitative estimate of drug-likeness (QED) is 0.227. The van der Waals surface area contributed by atoms with Crippen LogP contribution in [0.2, 0.25) is 0 Å². The van der Waals surface area contributed by atoms with E-state index in [0.717, 1.165) is 64.2 Å². The van der Waals surface area contributed by atoms with Crippen LogP contribution in [0, 0.1) is 69.0 Å². The highest BCUT2D eigenvalue weighted by atomic mass is 17.2. The van der Waals surface area contributed by atoms with Crippen LogP contribution >= 0.6 is 0 Å². The van der Waals surface area contributed by atoms with Crippen LogP contribution in [0.5, 0.6) is 0 Å².